The van der Waals surface area contributed by atoms with Crippen molar-refractivity contribution in [3.05, 3.63) is 187 Å². The van der Waals surface area contributed by atoms with Crippen molar-refractivity contribution >= 4 is 11.8 Å². The van der Waals surface area contributed by atoms with Crippen molar-refractivity contribution in [1.82, 2.24) is 19.8 Å². The second kappa shape index (κ2) is 17.4. The van der Waals surface area contributed by atoms with Crippen molar-refractivity contribution in [2.24, 2.45) is 0 Å². The summed E-state index contributed by atoms with van der Waals surface area (Å²) in [5, 5.41) is 5.21. The zero-order valence-corrected chi connectivity index (χ0v) is 31.6. The summed E-state index contributed by atoms with van der Waals surface area (Å²) in [4.78, 5) is 50.8. The minimum Gasteiger partial charge on any atom is -0.454 e. The van der Waals surface area contributed by atoms with Crippen molar-refractivity contribution in [2.75, 3.05) is 6.79 Å². The Morgan fingerprint density at radius 2 is 1.03 bits per heavy atom. The van der Waals surface area contributed by atoms with E-state index >= 15 is 0 Å². The first-order valence-corrected chi connectivity index (χ1v) is 17.9. The lowest BCUT2D eigenvalue weighted by Crippen LogP contribution is -2.33. The Kier molecular flexibility index (Phi) is 12.3. The van der Waals surface area contributed by atoms with E-state index in [1.54, 1.807) is 32.0 Å². The maximum absolute atomic E-state index is 13.1. The second-order valence-electron chi connectivity index (χ2n) is 13.3. The number of fused-ring (bicyclic) bond motifs is 1. The first-order chi connectivity index (χ1) is 28.4. The summed E-state index contributed by atoms with van der Waals surface area (Å²) in [6, 6.07) is 25.1. The molecule has 0 saturated carbocycles. The fraction of sp³-hybridized carbons (Fsp3) is 0.163. The molecule has 0 aliphatic carbocycles. The summed E-state index contributed by atoms with van der Waals surface area (Å²) in [7, 11) is 0. The Bertz CT molecular complexity index is 2690. The predicted octanol–water partition coefficient (Wildman–Crippen LogP) is 8.06. The summed E-state index contributed by atoms with van der Waals surface area (Å²) in [6.45, 7) is 3.46. The van der Waals surface area contributed by atoms with Gasteiger partial charge in [-0.3, -0.25) is 28.3 Å². The number of benzene rings is 4. The number of carbonyl (C=O) groups excluding carboxylic acids is 2. The molecule has 7 rings (SSSR count). The fourth-order valence-corrected chi connectivity index (χ4v) is 6.10. The topological polar surface area (TPSA) is 121 Å². The molecule has 0 radical (unpaired) electrons. The molecule has 0 bridgehead atoms. The van der Waals surface area contributed by atoms with Gasteiger partial charge in [0.05, 0.1) is 11.1 Å². The minimum absolute atomic E-state index is 0.00973. The van der Waals surface area contributed by atoms with E-state index in [4.69, 9.17) is 9.47 Å². The van der Waals surface area contributed by atoms with E-state index in [1.165, 1.54) is 72.8 Å². The first-order valence-electron chi connectivity index (χ1n) is 17.9. The molecule has 0 spiro atoms. The van der Waals surface area contributed by atoms with Gasteiger partial charge >= 0.3 is 12.4 Å². The molecule has 60 heavy (non-hydrogen) atoms. The lowest BCUT2D eigenvalue weighted by atomic mass is 10.1. The standard InChI is InChI=1S/C22H17F3N2O4.C21H16F4N2O2/c1-13-5-7-17(20(28)26-11-14-6-8-18-19(9-14)31-12-30-18)21(29)27(13)16-4-2-3-15(10-16)22(23,24)25;1-13-5-10-18(19(28)26-12-14-6-8-16(22)9-7-14)20(29)27(13)17-4-2-3-15(11-17)21(23,24)25/h2-10H,11-12H2,1H3,(H,26,28);2-11H,12H2,1H3,(H,26,28). The van der Waals surface area contributed by atoms with Crippen LogP contribution >= 0.6 is 0 Å². The van der Waals surface area contributed by atoms with E-state index in [0.29, 0.717) is 28.5 Å². The number of hydrogen-bond donors (Lipinski definition) is 2. The molecule has 17 heteroatoms. The van der Waals surface area contributed by atoms with Crippen LogP contribution in [-0.2, 0) is 25.4 Å². The first kappa shape index (κ1) is 42.4. The number of aryl methyl sites for hydroxylation is 2. The lowest BCUT2D eigenvalue weighted by molar-refractivity contribution is -0.138. The average molecular weight is 835 g/mol. The second-order valence-corrected chi connectivity index (χ2v) is 13.3. The molecule has 0 saturated heterocycles. The van der Waals surface area contributed by atoms with Gasteiger partial charge < -0.3 is 20.1 Å². The van der Waals surface area contributed by atoms with Crippen LogP contribution in [0.4, 0.5) is 30.7 Å². The van der Waals surface area contributed by atoms with Crippen LogP contribution in [0, 0.1) is 19.7 Å². The normalized spacial score (nSPS) is 12.0. The van der Waals surface area contributed by atoms with E-state index < -0.39 is 52.2 Å². The van der Waals surface area contributed by atoms with Crippen molar-refractivity contribution in [2.45, 2.75) is 39.3 Å². The fourth-order valence-electron chi connectivity index (χ4n) is 6.10. The van der Waals surface area contributed by atoms with Crippen LogP contribution in [0.3, 0.4) is 0 Å². The maximum atomic E-state index is 13.1. The Labute approximate surface area is 336 Å². The monoisotopic (exact) mass is 834 g/mol. The van der Waals surface area contributed by atoms with Gasteiger partial charge in [0.2, 0.25) is 6.79 Å². The van der Waals surface area contributed by atoms with E-state index in [0.717, 1.165) is 39.0 Å². The molecule has 2 amide bonds. The number of rotatable bonds is 8. The van der Waals surface area contributed by atoms with Crippen LogP contribution < -0.4 is 31.2 Å². The number of hydrogen-bond acceptors (Lipinski definition) is 6. The maximum Gasteiger partial charge on any atom is 0.416 e. The summed E-state index contributed by atoms with van der Waals surface area (Å²) < 4.78 is 104. The number of alkyl halides is 6. The number of nitrogens with one attached hydrogen (secondary N) is 2. The molecule has 0 atom stereocenters. The molecule has 2 N–H and O–H groups in total. The van der Waals surface area contributed by atoms with Gasteiger partial charge in [0.1, 0.15) is 16.9 Å². The SMILES string of the molecule is Cc1ccc(C(=O)NCc2ccc(F)cc2)c(=O)n1-c1cccc(C(F)(F)F)c1.Cc1ccc(C(=O)NCc2ccc3c(c2)OCO3)c(=O)n1-c1cccc(C(F)(F)F)c1. The molecule has 4 aromatic carbocycles. The van der Waals surface area contributed by atoms with E-state index in [-0.39, 0.29) is 42.4 Å². The zero-order chi connectivity index (χ0) is 43.4. The van der Waals surface area contributed by atoms with E-state index in [2.05, 4.69) is 10.6 Å². The van der Waals surface area contributed by atoms with Crippen LogP contribution in [-0.4, -0.2) is 27.7 Å². The highest BCUT2D eigenvalue weighted by molar-refractivity contribution is 5.94. The number of nitrogens with zero attached hydrogens (tertiary/aromatic N) is 2. The molecule has 1 aliphatic heterocycles. The molecule has 1 aliphatic rings. The van der Waals surface area contributed by atoms with Gasteiger partial charge in [-0.25, -0.2) is 4.39 Å². The Morgan fingerprint density at radius 3 is 1.52 bits per heavy atom. The van der Waals surface area contributed by atoms with Crippen LogP contribution in [0.25, 0.3) is 11.4 Å². The van der Waals surface area contributed by atoms with Crippen molar-refractivity contribution in [1.29, 1.82) is 0 Å². The molecule has 10 nitrogen and oxygen atoms in total. The molecule has 0 fully saturated rings. The van der Waals surface area contributed by atoms with Gasteiger partial charge in [-0.1, -0.05) is 30.3 Å². The molecule has 310 valence electrons. The number of aromatic nitrogens is 2. The van der Waals surface area contributed by atoms with Crippen LogP contribution in [0.2, 0.25) is 0 Å². The minimum atomic E-state index is -4.56. The number of amides is 2. The third-order valence-corrected chi connectivity index (χ3v) is 9.16. The lowest BCUT2D eigenvalue weighted by Gasteiger charge is -2.14. The number of pyridine rings is 2. The van der Waals surface area contributed by atoms with Crippen molar-refractivity contribution < 1.29 is 49.8 Å². The van der Waals surface area contributed by atoms with E-state index in [1.807, 2.05) is 0 Å². The predicted molar refractivity (Wildman–Crippen MR) is 205 cm³/mol. The third-order valence-electron chi connectivity index (χ3n) is 9.16. The Morgan fingerprint density at radius 1 is 0.583 bits per heavy atom. The molecule has 6 aromatic rings. The van der Waals surface area contributed by atoms with Crippen LogP contribution in [0.1, 0.15) is 54.4 Å². The third kappa shape index (κ3) is 9.74. The summed E-state index contributed by atoms with van der Waals surface area (Å²) in [6.07, 6.45) is -9.11. The molecule has 0 unspecified atom stereocenters. The summed E-state index contributed by atoms with van der Waals surface area (Å²) >= 11 is 0. The van der Waals surface area contributed by atoms with Gasteiger partial charge in [0, 0.05) is 35.9 Å². The molecular formula is C43H33F7N4O6. The largest absolute Gasteiger partial charge is 0.454 e. The number of halogens is 7. The number of ether oxygens (including phenoxy) is 2. The van der Waals surface area contributed by atoms with E-state index in [9.17, 15) is 49.9 Å². The molecular weight excluding hydrogens is 801 g/mol. The molecule has 3 heterocycles. The Hall–Kier alpha value is -7.17. The Balaban J connectivity index is 0.000000202. The highest BCUT2D eigenvalue weighted by Crippen LogP contribution is 2.33. The van der Waals surface area contributed by atoms with Gasteiger partial charge in [-0.15, -0.1) is 0 Å². The highest BCUT2D eigenvalue weighted by Gasteiger charge is 2.32. The molecule has 2 aromatic heterocycles. The summed E-state index contributed by atoms with van der Waals surface area (Å²) in [5.41, 5.74) is -1.42. The van der Waals surface area contributed by atoms with Gasteiger partial charge in [0.15, 0.2) is 11.5 Å². The highest BCUT2D eigenvalue weighted by atomic mass is 19.4. The smallest absolute Gasteiger partial charge is 0.416 e. The zero-order valence-electron chi connectivity index (χ0n) is 31.6. The van der Waals surface area contributed by atoms with Gasteiger partial charge in [-0.05, 0) is 110 Å². The van der Waals surface area contributed by atoms with Gasteiger partial charge in [0.25, 0.3) is 22.9 Å². The summed E-state index contributed by atoms with van der Waals surface area (Å²) in [5.74, 6) is -0.558. The van der Waals surface area contributed by atoms with Gasteiger partial charge in [-0.2, -0.15) is 26.3 Å². The van der Waals surface area contributed by atoms with Crippen LogP contribution in [0.15, 0.2) is 125 Å². The quantitative estimate of drug-likeness (QED) is 0.150. The van der Waals surface area contributed by atoms with Crippen molar-refractivity contribution in [3.8, 4) is 22.9 Å². The van der Waals surface area contributed by atoms with Crippen LogP contribution in [0.5, 0.6) is 11.5 Å². The van der Waals surface area contributed by atoms with Crippen molar-refractivity contribution in [3.63, 3.8) is 0 Å². The average Bonchev–Trinajstić information content (AvgIpc) is 3.68. The number of carbonyl (C=O) groups is 2.